The maximum Gasteiger partial charge on any atom is 0.416 e. The number of halogens is 3. The number of aliphatic hydroxyl groups excluding tert-OH is 1. The summed E-state index contributed by atoms with van der Waals surface area (Å²) in [6.45, 7) is 2.47. The SMILES string of the molecule is Cc1ccc(NC(=O)c2cc(N3CCC(O)CC3)cc(C(F)(F)F)c2)cc1C(N)=O. The van der Waals surface area contributed by atoms with Gasteiger partial charge in [-0.2, -0.15) is 13.2 Å². The Hall–Kier alpha value is -3.07. The summed E-state index contributed by atoms with van der Waals surface area (Å²) >= 11 is 0. The highest BCUT2D eigenvalue weighted by molar-refractivity contribution is 6.06. The first-order valence-electron chi connectivity index (χ1n) is 9.41. The Morgan fingerprint density at radius 1 is 1.13 bits per heavy atom. The van der Waals surface area contributed by atoms with E-state index in [9.17, 15) is 27.9 Å². The first kappa shape index (κ1) is 21.6. The Labute approximate surface area is 171 Å². The average molecular weight is 421 g/mol. The second-order valence-corrected chi connectivity index (χ2v) is 7.33. The third-order valence-corrected chi connectivity index (χ3v) is 5.10. The van der Waals surface area contributed by atoms with Gasteiger partial charge in [0.2, 0.25) is 5.91 Å². The molecule has 4 N–H and O–H groups in total. The summed E-state index contributed by atoms with van der Waals surface area (Å²) in [5.74, 6) is -1.41. The Balaban J connectivity index is 1.92. The van der Waals surface area contributed by atoms with Crippen LogP contribution in [0.15, 0.2) is 36.4 Å². The van der Waals surface area contributed by atoms with E-state index in [2.05, 4.69) is 5.32 Å². The van der Waals surface area contributed by atoms with Crippen molar-refractivity contribution in [2.45, 2.75) is 32.0 Å². The molecule has 1 fully saturated rings. The lowest BCUT2D eigenvalue weighted by Gasteiger charge is -2.32. The van der Waals surface area contributed by atoms with Crippen LogP contribution in [0.4, 0.5) is 24.5 Å². The lowest BCUT2D eigenvalue weighted by atomic mass is 10.0. The van der Waals surface area contributed by atoms with Crippen LogP contribution in [-0.2, 0) is 6.18 Å². The molecule has 3 rings (SSSR count). The monoisotopic (exact) mass is 421 g/mol. The van der Waals surface area contributed by atoms with Gasteiger partial charge in [-0.25, -0.2) is 0 Å². The number of amides is 2. The van der Waals surface area contributed by atoms with Crippen molar-refractivity contribution in [2.75, 3.05) is 23.3 Å². The molecule has 160 valence electrons. The number of nitrogens with two attached hydrogens (primary N) is 1. The number of hydrogen-bond acceptors (Lipinski definition) is 4. The molecule has 2 amide bonds. The highest BCUT2D eigenvalue weighted by Gasteiger charge is 2.33. The standard InChI is InChI=1S/C21H22F3N3O3/c1-12-2-3-15(11-18(12)19(25)29)26-20(30)13-8-14(21(22,23)24)10-16(9-13)27-6-4-17(28)5-7-27/h2-3,8-11,17,28H,4-7H2,1H3,(H2,25,29)(H,26,30). The number of rotatable bonds is 4. The van der Waals surface area contributed by atoms with Crippen molar-refractivity contribution < 1.29 is 27.9 Å². The summed E-state index contributed by atoms with van der Waals surface area (Å²) in [5, 5.41) is 12.2. The number of carbonyl (C=O) groups is 2. The average Bonchev–Trinajstić information content (AvgIpc) is 2.68. The summed E-state index contributed by atoms with van der Waals surface area (Å²) in [6.07, 6.45) is -4.21. The van der Waals surface area contributed by atoms with Gasteiger partial charge in [0.15, 0.2) is 0 Å². The summed E-state index contributed by atoms with van der Waals surface area (Å²) in [5.41, 5.74) is 5.56. The fourth-order valence-corrected chi connectivity index (χ4v) is 3.38. The molecule has 2 aromatic carbocycles. The van der Waals surface area contributed by atoms with Gasteiger partial charge in [0.05, 0.1) is 11.7 Å². The quantitative estimate of drug-likeness (QED) is 0.706. The molecule has 0 radical (unpaired) electrons. The number of alkyl halides is 3. The molecule has 0 unspecified atom stereocenters. The predicted molar refractivity (Wildman–Crippen MR) is 107 cm³/mol. The van der Waals surface area contributed by atoms with Crippen molar-refractivity contribution in [1.29, 1.82) is 0 Å². The van der Waals surface area contributed by atoms with Crippen molar-refractivity contribution in [1.82, 2.24) is 0 Å². The molecule has 0 saturated carbocycles. The van der Waals surface area contributed by atoms with E-state index in [0.29, 0.717) is 31.5 Å². The van der Waals surface area contributed by atoms with Crippen LogP contribution in [0.3, 0.4) is 0 Å². The topological polar surface area (TPSA) is 95.7 Å². The molecule has 0 aromatic heterocycles. The molecule has 1 aliphatic heterocycles. The van der Waals surface area contributed by atoms with Gasteiger partial charge < -0.3 is 21.1 Å². The van der Waals surface area contributed by atoms with Crippen LogP contribution in [0.2, 0.25) is 0 Å². The van der Waals surface area contributed by atoms with E-state index >= 15 is 0 Å². The maximum atomic E-state index is 13.4. The number of anilines is 2. The second kappa shape index (κ2) is 8.35. The van der Waals surface area contributed by atoms with Gasteiger partial charge in [-0.05, 0) is 55.7 Å². The molecular formula is C21H22F3N3O3. The van der Waals surface area contributed by atoms with Crippen LogP contribution >= 0.6 is 0 Å². The van der Waals surface area contributed by atoms with E-state index < -0.39 is 29.7 Å². The molecule has 0 atom stereocenters. The third kappa shape index (κ3) is 4.91. The zero-order chi connectivity index (χ0) is 22.1. The van der Waals surface area contributed by atoms with E-state index in [1.165, 1.54) is 12.1 Å². The van der Waals surface area contributed by atoms with E-state index in [1.807, 2.05) is 0 Å². The van der Waals surface area contributed by atoms with Crippen LogP contribution in [0.5, 0.6) is 0 Å². The molecule has 1 aliphatic rings. The van der Waals surface area contributed by atoms with E-state index in [1.54, 1.807) is 24.0 Å². The van der Waals surface area contributed by atoms with Crippen molar-refractivity contribution in [3.8, 4) is 0 Å². The molecule has 6 nitrogen and oxygen atoms in total. The van der Waals surface area contributed by atoms with Gasteiger partial charge in [0.25, 0.3) is 5.91 Å². The van der Waals surface area contributed by atoms with Crippen LogP contribution < -0.4 is 16.0 Å². The van der Waals surface area contributed by atoms with Gasteiger partial charge in [0.1, 0.15) is 0 Å². The third-order valence-electron chi connectivity index (χ3n) is 5.10. The number of aryl methyl sites for hydroxylation is 1. The van der Waals surface area contributed by atoms with Gasteiger partial charge in [-0.3, -0.25) is 9.59 Å². The lowest BCUT2D eigenvalue weighted by Crippen LogP contribution is -2.36. The Morgan fingerprint density at radius 2 is 1.80 bits per heavy atom. The molecule has 1 heterocycles. The van der Waals surface area contributed by atoms with Crippen molar-refractivity contribution >= 4 is 23.2 Å². The molecule has 30 heavy (non-hydrogen) atoms. The van der Waals surface area contributed by atoms with Crippen molar-refractivity contribution in [3.63, 3.8) is 0 Å². The van der Waals surface area contributed by atoms with Gasteiger partial charge >= 0.3 is 6.18 Å². The summed E-state index contributed by atoms with van der Waals surface area (Å²) in [7, 11) is 0. The Kier molecular flexibility index (Phi) is 6.02. The number of nitrogens with zero attached hydrogens (tertiary/aromatic N) is 1. The van der Waals surface area contributed by atoms with Crippen LogP contribution in [0.25, 0.3) is 0 Å². The zero-order valence-corrected chi connectivity index (χ0v) is 16.3. The van der Waals surface area contributed by atoms with Gasteiger partial charge in [-0.1, -0.05) is 6.07 Å². The highest BCUT2D eigenvalue weighted by Crippen LogP contribution is 2.34. The molecule has 0 bridgehead atoms. The van der Waals surface area contributed by atoms with Crippen molar-refractivity contribution in [3.05, 3.63) is 58.7 Å². The number of hydrogen-bond donors (Lipinski definition) is 3. The fourth-order valence-electron chi connectivity index (χ4n) is 3.38. The van der Waals surface area contributed by atoms with E-state index in [4.69, 9.17) is 5.73 Å². The van der Waals surface area contributed by atoms with Crippen LogP contribution in [-0.4, -0.2) is 36.1 Å². The summed E-state index contributed by atoms with van der Waals surface area (Å²) in [4.78, 5) is 25.9. The summed E-state index contributed by atoms with van der Waals surface area (Å²) in [6, 6.07) is 7.71. The zero-order valence-electron chi connectivity index (χ0n) is 16.3. The Bertz CT molecular complexity index is 968. The maximum absolute atomic E-state index is 13.4. The first-order chi connectivity index (χ1) is 14.0. The second-order valence-electron chi connectivity index (χ2n) is 7.33. The number of piperidine rings is 1. The van der Waals surface area contributed by atoms with Gasteiger partial charge in [0, 0.05) is 35.6 Å². The fraction of sp³-hybridized carbons (Fsp3) is 0.333. The predicted octanol–water partition coefficient (Wildman–Crippen LogP) is 3.33. The number of primary amides is 1. The molecule has 2 aromatic rings. The number of carbonyl (C=O) groups excluding carboxylic acids is 2. The number of benzene rings is 2. The molecule has 0 spiro atoms. The van der Waals surface area contributed by atoms with Crippen molar-refractivity contribution in [2.24, 2.45) is 5.73 Å². The van der Waals surface area contributed by atoms with E-state index in [-0.39, 0.29) is 22.5 Å². The minimum atomic E-state index is -4.62. The number of aliphatic hydroxyl groups is 1. The lowest BCUT2D eigenvalue weighted by molar-refractivity contribution is -0.137. The molecule has 9 heteroatoms. The van der Waals surface area contributed by atoms with Crippen LogP contribution in [0.1, 0.15) is 44.7 Å². The normalized spacial score (nSPS) is 15.2. The molecule has 0 aliphatic carbocycles. The van der Waals surface area contributed by atoms with Crippen LogP contribution in [0, 0.1) is 6.92 Å². The minimum absolute atomic E-state index is 0.160. The molecular weight excluding hydrogens is 399 g/mol. The van der Waals surface area contributed by atoms with E-state index in [0.717, 1.165) is 12.1 Å². The smallest absolute Gasteiger partial charge is 0.393 e. The summed E-state index contributed by atoms with van der Waals surface area (Å²) < 4.78 is 40.2. The largest absolute Gasteiger partial charge is 0.416 e. The minimum Gasteiger partial charge on any atom is -0.393 e. The molecule has 1 saturated heterocycles. The Morgan fingerprint density at radius 3 is 2.40 bits per heavy atom. The first-order valence-corrected chi connectivity index (χ1v) is 9.41. The highest BCUT2D eigenvalue weighted by atomic mass is 19.4. The number of nitrogens with one attached hydrogen (secondary N) is 1. The van der Waals surface area contributed by atoms with Gasteiger partial charge in [-0.15, -0.1) is 0 Å².